The molecule has 4 heteroatoms. The summed E-state index contributed by atoms with van der Waals surface area (Å²) in [6, 6.07) is 11.1. The largest absolute Gasteiger partial charge is 0.357 e. The molecule has 4 rings (SSSR count). The number of nitrogens with zero attached hydrogens (tertiary/aromatic N) is 1. The van der Waals surface area contributed by atoms with Crippen LogP contribution in [0.5, 0.6) is 0 Å². The van der Waals surface area contributed by atoms with E-state index < -0.39 is 0 Å². The number of aromatic nitrogens is 2. The zero-order chi connectivity index (χ0) is 14.2. The highest BCUT2D eigenvalue weighted by Crippen LogP contribution is 2.34. The fourth-order valence-corrected chi connectivity index (χ4v) is 4.28. The summed E-state index contributed by atoms with van der Waals surface area (Å²) in [5.74, 6) is 0. The van der Waals surface area contributed by atoms with Gasteiger partial charge in [-0.15, -0.1) is 11.3 Å². The maximum atomic E-state index is 4.66. The van der Waals surface area contributed by atoms with Gasteiger partial charge in [0.15, 0.2) is 0 Å². The van der Waals surface area contributed by atoms with Gasteiger partial charge in [-0.3, -0.25) is 0 Å². The number of hydrogen-bond acceptors (Lipinski definition) is 3. The Hall–Kier alpha value is -1.65. The van der Waals surface area contributed by atoms with Gasteiger partial charge in [0.05, 0.1) is 10.7 Å². The first-order valence-electron chi connectivity index (χ1n) is 7.56. The third-order valence-electron chi connectivity index (χ3n) is 4.18. The molecule has 0 saturated heterocycles. The second-order valence-electron chi connectivity index (χ2n) is 5.75. The van der Waals surface area contributed by atoms with Crippen LogP contribution in [0.4, 0.5) is 0 Å². The number of aromatic amines is 1. The molecule has 1 unspecified atom stereocenters. The molecule has 3 nitrogen and oxygen atoms in total. The van der Waals surface area contributed by atoms with Crippen molar-refractivity contribution in [3.05, 3.63) is 51.6 Å². The summed E-state index contributed by atoms with van der Waals surface area (Å²) in [6.07, 6.45) is 3.60. The summed E-state index contributed by atoms with van der Waals surface area (Å²) in [6.45, 7) is 2.99. The Morgan fingerprint density at radius 3 is 3.19 bits per heavy atom. The lowest BCUT2D eigenvalue weighted by Gasteiger charge is -2.22. The second kappa shape index (κ2) is 5.28. The predicted octanol–water partition coefficient (Wildman–Crippen LogP) is 4.10. The standard InChI is InChI=1S/C17H19N3S/c1-11-19-16-8-4-7-15(17(16)21-11)18-10-13-9-12-5-2-3-6-14(12)20-13/h2-3,5-6,9,15,18,20H,4,7-8,10H2,1H3. The van der Waals surface area contributed by atoms with Crippen LogP contribution in [0, 0.1) is 6.92 Å². The third kappa shape index (κ3) is 2.49. The van der Waals surface area contributed by atoms with Crippen molar-refractivity contribution in [3.63, 3.8) is 0 Å². The third-order valence-corrected chi connectivity index (χ3v) is 5.31. The van der Waals surface area contributed by atoms with Gasteiger partial charge in [-0.2, -0.15) is 0 Å². The van der Waals surface area contributed by atoms with Crippen molar-refractivity contribution >= 4 is 22.2 Å². The molecule has 0 saturated carbocycles. The maximum Gasteiger partial charge on any atom is 0.0900 e. The van der Waals surface area contributed by atoms with Crippen LogP contribution in [0.25, 0.3) is 10.9 Å². The molecule has 1 aliphatic carbocycles. The number of fused-ring (bicyclic) bond motifs is 2. The highest BCUT2D eigenvalue weighted by Gasteiger charge is 2.23. The van der Waals surface area contributed by atoms with Crippen molar-refractivity contribution in [2.24, 2.45) is 0 Å². The summed E-state index contributed by atoms with van der Waals surface area (Å²) in [7, 11) is 0. The van der Waals surface area contributed by atoms with Gasteiger partial charge in [-0.25, -0.2) is 4.98 Å². The second-order valence-corrected chi connectivity index (χ2v) is 6.99. The Kier molecular flexibility index (Phi) is 3.28. The molecule has 0 radical (unpaired) electrons. The lowest BCUT2D eigenvalue weighted by atomic mass is 9.98. The van der Waals surface area contributed by atoms with Crippen LogP contribution in [0.15, 0.2) is 30.3 Å². The molecule has 0 fully saturated rings. The molecule has 0 bridgehead atoms. The van der Waals surface area contributed by atoms with E-state index in [0.29, 0.717) is 6.04 Å². The quantitative estimate of drug-likeness (QED) is 0.764. The molecule has 2 heterocycles. The summed E-state index contributed by atoms with van der Waals surface area (Å²) < 4.78 is 0. The Labute approximate surface area is 128 Å². The van der Waals surface area contributed by atoms with Gasteiger partial charge in [-0.05, 0) is 43.7 Å². The van der Waals surface area contributed by atoms with E-state index in [1.807, 2.05) is 11.3 Å². The molecule has 0 aliphatic heterocycles. The van der Waals surface area contributed by atoms with Crippen molar-refractivity contribution in [2.45, 2.75) is 38.8 Å². The maximum absolute atomic E-state index is 4.66. The lowest BCUT2D eigenvalue weighted by Crippen LogP contribution is -2.23. The number of rotatable bonds is 3. The van der Waals surface area contributed by atoms with E-state index in [4.69, 9.17) is 0 Å². The zero-order valence-electron chi connectivity index (χ0n) is 12.1. The van der Waals surface area contributed by atoms with E-state index in [2.05, 4.69) is 52.5 Å². The number of thiazole rings is 1. The Bertz CT molecular complexity index is 738. The van der Waals surface area contributed by atoms with E-state index in [-0.39, 0.29) is 0 Å². The Morgan fingerprint density at radius 1 is 1.38 bits per heavy atom. The van der Waals surface area contributed by atoms with Crippen molar-refractivity contribution in [3.8, 4) is 0 Å². The molecular weight excluding hydrogens is 278 g/mol. The molecule has 21 heavy (non-hydrogen) atoms. The molecule has 108 valence electrons. The average molecular weight is 297 g/mol. The van der Waals surface area contributed by atoms with Crippen molar-refractivity contribution < 1.29 is 0 Å². The smallest absolute Gasteiger partial charge is 0.0900 e. The van der Waals surface area contributed by atoms with Crippen LogP contribution in [-0.4, -0.2) is 9.97 Å². The first kappa shape index (κ1) is 13.0. The Morgan fingerprint density at radius 2 is 2.29 bits per heavy atom. The van der Waals surface area contributed by atoms with Gasteiger partial charge in [0.1, 0.15) is 0 Å². The summed E-state index contributed by atoms with van der Waals surface area (Å²) in [5.41, 5.74) is 3.79. The number of benzene rings is 1. The van der Waals surface area contributed by atoms with Gasteiger partial charge in [0.25, 0.3) is 0 Å². The first-order valence-corrected chi connectivity index (χ1v) is 8.37. The van der Waals surface area contributed by atoms with Gasteiger partial charge in [0, 0.05) is 28.7 Å². The number of hydrogen-bond donors (Lipinski definition) is 2. The van der Waals surface area contributed by atoms with E-state index in [1.54, 1.807) is 0 Å². The molecule has 1 aromatic carbocycles. The van der Waals surface area contributed by atoms with Crippen LogP contribution in [0.3, 0.4) is 0 Å². The normalized spacial score (nSPS) is 18.0. The molecule has 2 aromatic heterocycles. The van der Waals surface area contributed by atoms with Crippen molar-refractivity contribution in [1.82, 2.24) is 15.3 Å². The van der Waals surface area contributed by atoms with Gasteiger partial charge in [-0.1, -0.05) is 18.2 Å². The molecule has 3 aromatic rings. The number of para-hydroxylation sites is 1. The minimum Gasteiger partial charge on any atom is -0.357 e. The number of nitrogens with one attached hydrogen (secondary N) is 2. The van der Waals surface area contributed by atoms with Crippen LogP contribution in [-0.2, 0) is 13.0 Å². The molecule has 1 aliphatic rings. The van der Waals surface area contributed by atoms with Gasteiger partial charge in [0.2, 0.25) is 0 Å². The van der Waals surface area contributed by atoms with Gasteiger partial charge >= 0.3 is 0 Å². The fraction of sp³-hybridized carbons (Fsp3) is 0.353. The molecule has 0 amide bonds. The van der Waals surface area contributed by atoms with Crippen LogP contribution in [0.1, 0.15) is 40.2 Å². The van der Waals surface area contributed by atoms with Crippen LogP contribution < -0.4 is 5.32 Å². The fourth-order valence-electron chi connectivity index (χ4n) is 3.20. The van der Waals surface area contributed by atoms with Crippen molar-refractivity contribution in [1.29, 1.82) is 0 Å². The highest BCUT2D eigenvalue weighted by molar-refractivity contribution is 7.11. The predicted molar refractivity (Wildman–Crippen MR) is 87.7 cm³/mol. The summed E-state index contributed by atoms with van der Waals surface area (Å²) >= 11 is 1.85. The zero-order valence-corrected chi connectivity index (χ0v) is 13.0. The highest BCUT2D eigenvalue weighted by atomic mass is 32.1. The molecule has 0 spiro atoms. The minimum absolute atomic E-state index is 0.464. The number of H-pyrrole nitrogens is 1. The Balaban J connectivity index is 1.52. The minimum atomic E-state index is 0.464. The SMILES string of the molecule is Cc1nc2c(s1)C(NCc1cc3ccccc3[nH]1)CCC2. The topological polar surface area (TPSA) is 40.7 Å². The van der Waals surface area contributed by atoms with E-state index >= 15 is 0 Å². The number of aryl methyl sites for hydroxylation is 2. The average Bonchev–Trinajstić information content (AvgIpc) is 3.06. The molecule has 2 N–H and O–H groups in total. The monoisotopic (exact) mass is 297 g/mol. The van der Waals surface area contributed by atoms with E-state index in [0.717, 1.165) is 13.0 Å². The van der Waals surface area contributed by atoms with E-state index in [1.165, 1.54) is 45.0 Å². The molecular formula is C17H19N3S. The molecule has 1 atom stereocenters. The summed E-state index contributed by atoms with van der Waals surface area (Å²) in [4.78, 5) is 9.61. The van der Waals surface area contributed by atoms with Crippen LogP contribution >= 0.6 is 11.3 Å². The van der Waals surface area contributed by atoms with Crippen molar-refractivity contribution in [2.75, 3.05) is 0 Å². The first-order chi connectivity index (χ1) is 10.3. The summed E-state index contributed by atoms with van der Waals surface area (Å²) in [5, 5.41) is 6.19. The lowest BCUT2D eigenvalue weighted by molar-refractivity contribution is 0.461. The van der Waals surface area contributed by atoms with E-state index in [9.17, 15) is 0 Å². The van der Waals surface area contributed by atoms with Crippen LogP contribution in [0.2, 0.25) is 0 Å². The van der Waals surface area contributed by atoms with Gasteiger partial charge < -0.3 is 10.3 Å².